The lowest BCUT2D eigenvalue weighted by molar-refractivity contribution is -0.135. The maximum atomic E-state index is 13.9. The molecule has 5 rings (SSSR count). The fraction of sp³-hybridized carbons (Fsp3) is 0.487. The van der Waals surface area contributed by atoms with E-state index in [-0.39, 0.29) is 61.0 Å². The molecule has 48 heavy (non-hydrogen) atoms. The Balaban J connectivity index is 1.32. The normalized spacial score (nSPS) is 22.6. The Morgan fingerprint density at radius 1 is 1.02 bits per heavy atom. The Kier molecular flexibility index (Phi) is 12.5. The van der Waals surface area contributed by atoms with Crippen molar-refractivity contribution in [2.24, 2.45) is 11.8 Å². The van der Waals surface area contributed by atoms with Gasteiger partial charge in [-0.2, -0.15) is 0 Å². The zero-order chi connectivity index (χ0) is 34.1. The van der Waals surface area contributed by atoms with Crippen LogP contribution in [0.4, 0.5) is 5.69 Å². The number of aliphatic hydroxyl groups excluding tert-OH is 1. The number of aryl methyl sites for hydroxylation is 1. The molecule has 0 aliphatic carbocycles. The molecule has 2 fully saturated rings. The first-order chi connectivity index (χ1) is 23.2. The van der Waals surface area contributed by atoms with Crippen LogP contribution in [-0.2, 0) is 27.3 Å². The first kappa shape index (κ1) is 35.8. The summed E-state index contributed by atoms with van der Waals surface area (Å²) < 4.78 is 12.4. The van der Waals surface area contributed by atoms with Gasteiger partial charge in [-0.1, -0.05) is 79.8 Å². The molecule has 258 valence electrons. The van der Waals surface area contributed by atoms with E-state index in [2.05, 4.69) is 54.9 Å². The largest absolute Gasteiger partial charge is 0.497 e. The summed E-state index contributed by atoms with van der Waals surface area (Å²) in [6.45, 7) is 9.44. The van der Waals surface area contributed by atoms with Crippen molar-refractivity contribution in [3.63, 3.8) is 0 Å². The summed E-state index contributed by atoms with van der Waals surface area (Å²) in [4.78, 5) is 28.5. The van der Waals surface area contributed by atoms with Gasteiger partial charge in [0, 0.05) is 25.3 Å². The Labute approximate surface area is 287 Å². The summed E-state index contributed by atoms with van der Waals surface area (Å²) in [6.07, 6.45) is 3.62. The third-order valence-corrected chi connectivity index (χ3v) is 14.9. The monoisotopic (exact) mass is 671 g/mol. The predicted molar refractivity (Wildman–Crippen MR) is 194 cm³/mol. The highest BCUT2D eigenvalue weighted by Crippen LogP contribution is 2.46. The van der Waals surface area contributed by atoms with E-state index in [0.717, 1.165) is 61.3 Å². The smallest absolute Gasteiger partial charge is 0.228 e. The van der Waals surface area contributed by atoms with Crippen LogP contribution >= 0.6 is 0 Å². The number of rotatable bonds is 14. The van der Waals surface area contributed by atoms with Gasteiger partial charge in [0.25, 0.3) is 0 Å². The number of piperidine rings is 1. The van der Waals surface area contributed by atoms with Gasteiger partial charge < -0.3 is 30.1 Å². The minimum absolute atomic E-state index is 0.00550. The Hall–Kier alpha value is -3.50. The molecule has 3 aromatic rings. The quantitative estimate of drug-likeness (QED) is 0.200. The molecular weight excluding hydrogens is 619 g/mol. The summed E-state index contributed by atoms with van der Waals surface area (Å²) >= 11 is 0. The summed E-state index contributed by atoms with van der Waals surface area (Å²) in [5, 5.41) is 17.6. The van der Waals surface area contributed by atoms with Crippen molar-refractivity contribution in [1.82, 2.24) is 10.2 Å². The van der Waals surface area contributed by atoms with Crippen LogP contribution in [0.3, 0.4) is 0 Å². The third kappa shape index (κ3) is 8.94. The molecular formula is C39H53N3O5Si. The number of methoxy groups -OCH3 is 1. The van der Waals surface area contributed by atoms with Gasteiger partial charge >= 0.3 is 0 Å². The fourth-order valence-electron chi connectivity index (χ4n) is 7.80. The minimum Gasteiger partial charge on any atom is -0.497 e. The van der Waals surface area contributed by atoms with Crippen molar-refractivity contribution in [3.05, 3.63) is 90.0 Å². The molecule has 2 aliphatic heterocycles. The van der Waals surface area contributed by atoms with Crippen LogP contribution in [0, 0.1) is 11.8 Å². The fourth-order valence-corrected chi connectivity index (χ4v) is 11.9. The second-order valence-electron chi connectivity index (χ2n) is 14.0. The zero-order valence-corrected chi connectivity index (χ0v) is 30.0. The van der Waals surface area contributed by atoms with E-state index in [9.17, 15) is 14.7 Å². The van der Waals surface area contributed by atoms with Crippen molar-refractivity contribution in [2.75, 3.05) is 38.7 Å². The SMILES string of the molecule is COc1ccc([Si](C)(C)[C@H]2[C@H](C)[C@H](CCc3cccc(NC(=O)C4CCCNC4)c3)O[C@@H]2CC(=O)N(CCO)Cc2ccccc2)cc1. The van der Waals surface area contributed by atoms with Crippen LogP contribution in [0.15, 0.2) is 78.9 Å². The van der Waals surface area contributed by atoms with Gasteiger partial charge in [-0.15, -0.1) is 0 Å². The molecule has 8 nitrogen and oxygen atoms in total. The average molecular weight is 672 g/mol. The van der Waals surface area contributed by atoms with Crippen LogP contribution in [0.1, 0.15) is 43.7 Å². The highest BCUT2D eigenvalue weighted by Gasteiger charge is 2.51. The number of ether oxygens (including phenoxy) is 2. The third-order valence-electron chi connectivity index (χ3n) is 10.5. The number of carbonyl (C=O) groups excluding carboxylic acids is 2. The zero-order valence-electron chi connectivity index (χ0n) is 29.0. The van der Waals surface area contributed by atoms with Crippen molar-refractivity contribution >= 4 is 30.8 Å². The van der Waals surface area contributed by atoms with Crippen LogP contribution < -0.4 is 20.6 Å². The average Bonchev–Trinajstić information content (AvgIpc) is 3.42. The van der Waals surface area contributed by atoms with Crippen LogP contribution in [0.2, 0.25) is 18.6 Å². The Morgan fingerprint density at radius 2 is 1.77 bits per heavy atom. The van der Waals surface area contributed by atoms with Crippen molar-refractivity contribution in [2.45, 2.75) is 76.4 Å². The van der Waals surface area contributed by atoms with Gasteiger partial charge in [-0.25, -0.2) is 0 Å². The Morgan fingerprint density at radius 3 is 2.46 bits per heavy atom. The van der Waals surface area contributed by atoms with Crippen molar-refractivity contribution in [1.29, 1.82) is 0 Å². The lowest BCUT2D eigenvalue weighted by Gasteiger charge is -2.36. The molecule has 0 radical (unpaired) electrons. The maximum Gasteiger partial charge on any atom is 0.228 e. The number of hydrogen-bond donors (Lipinski definition) is 3. The first-order valence-electron chi connectivity index (χ1n) is 17.5. The second-order valence-corrected chi connectivity index (χ2v) is 18.7. The van der Waals surface area contributed by atoms with E-state index in [0.29, 0.717) is 6.54 Å². The Bertz CT molecular complexity index is 1480. The van der Waals surface area contributed by atoms with Crippen molar-refractivity contribution < 1.29 is 24.2 Å². The van der Waals surface area contributed by atoms with Gasteiger partial charge in [0.1, 0.15) is 5.75 Å². The highest BCUT2D eigenvalue weighted by atomic mass is 28.3. The molecule has 5 atom stereocenters. The van der Waals surface area contributed by atoms with E-state index < -0.39 is 8.07 Å². The highest BCUT2D eigenvalue weighted by molar-refractivity contribution is 6.91. The lowest BCUT2D eigenvalue weighted by atomic mass is 9.94. The number of nitrogens with zero attached hydrogens (tertiary/aromatic N) is 1. The number of anilines is 1. The molecule has 0 spiro atoms. The number of nitrogens with one attached hydrogen (secondary N) is 2. The van der Waals surface area contributed by atoms with E-state index in [4.69, 9.17) is 9.47 Å². The molecule has 0 bridgehead atoms. The van der Waals surface area contributed by atoms with Crippen LogP contribution in [0.25, 0.3) is 0 Å². The number of hydrogen-bond acceptors (Lipinski definition) is 6. The van der Waals surface area contributed by atoms with E-state index in [1.807, 2.05) is 54.6 Å². The summed E-state index contributed by atoms with van der Waals surface area (Å²) in [6, 6.07) is 26.5. The molecule has 9 heteroatoms. The molecule has 1 unspecified atom stereocenters. The predicted octanol–water partition coefficient (Wildman–Crippen LogP) is 5.37. The first-order valence-corrected chi connectivity index (χ1v) is 20.6. The van der Waals surface area contributed by atoms with E-state index in [1.165, 1.54) is 5.19 Å². The van der Waals surface area contributed by atoms with Crippen LogP contribution in [0.5, 0.6) is 5.75 Å². The van der Waals surface area contributed by atoms with Gasteiger partial charge in [0.15, 0.2) is 0 Å². The van der Waals surface area contributed by atoms with Crippen LogP contribution in [-0.4, -0.2) is 75.5 Å². The standard InChI is InChI=1S/C39H53N3O5Si/c1-28-35(20-15-29-12-8-14-32(24-29)41-39(45)31-13-9-21-40-26-31)47-36(38(28)48(3,4)34-18-16-33(46-2)17-19-34)25-37(44)42(22-23-43)27-30-10-6-5-7-11-30/h5-8,10-12,14,16-19,24,28,31,35-36,38,40,43H,9,13,15,20-23,25-27H2,1-4H3,(H,41,45)/t28-,31?,35+,36-,38+/m1/s1. The number of carbonyl (C=O) groups is 2. The lowest BCUT2D eigenvalue weighted by Crippen LogP contribution is -2.51. The second kappa shape index (κ2) is 16.7. The molecule has 3 aromatic carbocycles. The summed E-state index contributed by atoms with van der Waals surface area (Å²) in [5.41, 5.74) is 3.24. The van der Waals surface area contributed by atoms with Gasteiger partial charge in [-0.3, -0.25) is 9.59 Å². The van der Waals surface area contributed by atoms with Gasteiger partial charge in [-0.05, 0) is 79.1 Å². The topological polar surface area (TPSA) is 100 Å². The maximum absolute atomic E-state index is 13.9. The van der Waals surface area contributed by atoms with Crippen molar-refractivity contribution in [3.8, 4) is 5.75 Å². The summed E-state index contributed by atoms with van der Waals surface area (Å²) in [5.74, 6) is 1.17. The molecule has 2 amide bonds. The number of amides is 2. The number of benzene rings is 3. The molecule has 2 saturated heterocycles. The van der Waals surface area contributed by atoms with E-state index >= 15 is 0 Å². The van der Waals surface area contributed by atoms with Gasteiger partial charge in [0.2, 0.25) is 11.8 Å². The molecule has 2 aliphatic rings. The molecule has 0 aromatic heterocycles. The minimum atomic E-state index is -2.15. The molecule has 0 saturated carbocycles. The number of aliphatic hydroxyl groups is 1. The van der Waals surface area contributed by atoms with E-state index in [1.54, 1.807) is 12.0 Å². The van der Waals surface area contributed by atoms with Gasteiger partial charge in [0.05, 0.1) is 46.3 Å². The molecule has 3 N–H and O–H groups in total. The summed E-state index contributed by atoms with van der Waals surface area (Å²) in [7, 11) is -0.467. The molecule has 2 heterocycles.